The maximum absolute atomic E-state index is 12.4. The van der Waals surface area contributed by atoms with Crippen LogP contribution in [0, 0.1) is 13.8 Å². The molecule has 5 heteroatoms. The highest BCUT2D eigenvalue weighted by atomic mass is 16.5. The summed E-state index contributed by atoms with van der Waals surface area (Å²) in [4.78, 5) is 12.4. The molecule has 0 spiro atoms. The fourth-order valence-electron chi connectivity index (χ4n) is 3.99. The second kappa shape index (κ2) is 9.07. The van der Waals surface area contributed by atoms with E-state index in [0.717, 1.165) is 47.7 Å². The summed E-state index contributed by atoms with van der Waals surface area (Å²) in [6.45, 7) is 4.08. The van der Waals surface area contributed by atoms with E-state index in [4.69, 9.17) is 9.84 Å². The van der Waals surface area contributed by atoms with Crippen molar-refractivity contribution in [3.8, 4) is 11.4 Å². The highest BCUT2D eigenvalue weighted by Crippen LogP contribution is 2.22. The van der Waals surface area contributed by atoms with Crippen LogP contribution in [0.25, 0.3) is 5.69 Å². The lowest BCUT2D eigenvalue weighted by Crippen LogP contribution is -2.34. The zero-order chi connectivity index (χ0) is 19.2. The van der Waals surface area contributed by atoms with Crippen molar-refractivity contribution in [1.82, 2.24) is 15.1 Å². The minimum atomic E-state index is 0.162. The van der Waals surface area contributed by atoms with Gasteiger partial charge in [-0.25, -0.2) is 4.68 Å². The first-order valence-electron chi connectivity index (χ1n) is 10.1. The van der Waals surface area contributed by atoms with E-state index in [1.165, 1.54) is 25.7 Å². The first-order chi connectivity index (χ1) is 13.1. The molecule has 1 aliphatic rings. The molecule has 0 unspecified atom stereocenters. The summed E-state index contributed by atoms with van der Waals surface area (Å²) in [5.41, 5.74) is 4.21. The van der Waals surface area contributed by atoms with Crippen LogP contribution in [0.15, 0.2) is 24.3 Å². The average Bonchev–Trinajstić information content (AvgIpc) is 2.83. The van der Waals surface area contributed by atoms with E-state index >= 15 is 0 Å². The molecule has 0 aliphatic heterocycles. The topological polar surface area (TPSA) is 56.2 Å². The molecule has 0 atom stereocenters. The molecule has 2 aromatic rings. The molecule has 1 aliphatic carbocycles. The van der Waals surface area contributed by atoms with Gasteiger partial charge in [-0.15, -0.1) is 0 Å². The summed E-state index contributed by atoms with van der Waals surface area (Å²) < 4.78 is 7.26. The van der Waals surface area contributed by atoms with E-state index in [9.17, 15) is 4.79 Å². The standard InChI is InChI=1S/C22H31N3O2/c1-16-21(13-14-22(26)23-18-9-6-4-5-7-10-18)17(2)25(24-16)19-11-8-12-20(15-19)27-3/h8,11-12,15,18H,4-7,9-10,13-14H2,1-3H3,(H,23,26). The highest BCUT2D eigenvalue weighted by molar-refractivity contribution is 5.76. The minimum Gasteiger partial charge on any atom is -0.497 e. The quantitative estimate of drug-likeness (QED) is 0.774. The van der Waals surface area contributed by atoms with Crippen LogP contribution < -0.4 is 10.1 Å². The molecule has 1 N–H and O–H groups in total. The number of amides is 1. The number of methoxy groups -OCH3 is 1. The fraction of sp³-hybridized carbons (Fsp3) is 0.545. The van der Waals surface area contributed by atoms with Gasteiger partial charge in [0.1, 0.15) is 5.75 Å². The third kappa shape index (κ3) is 4.90. The van der Waals surface area contributed by atoms with Crippen LogP contribution in [-0.2, 0) is 11.2 Å². The van der Waals surface area contributed by atoms with Crippen molar-refractivity contribution in [2.24, 2.45) is 0 Å². The SMILES string of the molecule is COc1cccc(-n2nc(C)c(CCC(=O)NC3CCCCCC3)c2C)c1. The summed E-state index contributed by atoms with van der Waals surface area (Å²) in [7, 11) is 1.67. The van der Waals surface area contributed by atoms with Gasteiger partial charge in [0, 0.05) is 24.2 Å². The molecule has 1 amide bonds. The molecule has 1 aromatic heterocycles. The van der Waals surface area contributed by atoms with Gasteiger partial charge >= 0.3 is 0 Å². The summed E-state index contributed by atoms with van der Waals surface area (Å²) in [6.07, 6.45) is 8.55. The molecule has 27 heavy (non-hydrogen) atoms. The van der Waals surface area contributed by atoms with Crippen LogP contribution in [-0.4, -0.2) is 28.8 Å². The number of benzene rings is 1. The number of rotatable bonds is 6. The smallest absolute Gasteiger partial charge is 0.220 e. The average molecular weight is 370 g/mol. The van der Waals surface area contributed by atoms with Crippen molar-refractivity contribution in [2.45, 2.75) is 71.3 Å². The minimum absolute atomic E-state index is 0.162. The number of nitrogens with one attached hydrogen (secondary N) is 1. The Balaban J connectivity index is 1.65. The molecule has 1 aromatic carbocycles. The molecule has 1 fully saturated rings. The van der Waals surface area contributed by atoms with E-state index in [1.807, 2.05) is 35.9 Å². The Labute approximate surface area is 162 Å². The third-order valence-electron chi connectivity index (χ3n) is 5.56. The monoisotopic (exact) mass is 369 g/mol. The lowest BCUT2D eigenvalue weighted by Gasteiger charge is -2.16. The van der Waals surface area contributed by atoms with Crippen LogP contribution in [0.2, 0.25) is 0 Å². The molecule has 3 rings (SSSR count). The molecular formula is C22H31N3O2. The largest absolute Gasteiger partial charge is 0.497 e. The van der Waals surface area contributed by atoms with Crippen molar-refractivity contribution in [1.29, 1.82) is 0 Å². The Bertz CT molecular complexity index is 774. The number of aromatic nitrogens is 2. The van der Waals surface area contributed by atoms with Crippen molar-refractivity contribution < 1.29 is 9.53 Å². The van der Waals surface area contributed by atoms with Crippen molar-refractivity contribution in [3.63, 3.8) is 0 Å². The van der Waals surface area contributed by atoms with Gasteiger partial charge in [0.15, 0.2) is 0 Å². The van der Waals surface area contributed by atoms with Gasteiger partial charge in [-0.2, -0.15) is 5.10 Å². The van der Waals surface area contributed by atoms with Gasteiger partial charge < -0.3 is 10.1 Å². The number of carbonyl (C=O) groups is 1. The van der Waals surface area contributed by atoms with Crippen LogP contribution in [0.5, 0.6) is 5.75 Å². The van der Waals surface area contributed by atoms with Crippen LogP contribution in [0.3, 0.4) is 0 Å². The van der Waals surface area contributed by atoms with Crippen molar-refractivity contribution in [3.05, 3.63) is 41.2 Å². The van der Waals surface area contributed by atoms with Crippen LogP contribution in [0.4, 0.5) is 0 Å². The number of nitrogens with zero attached hydrogens (tertiary/aromatic N) is 2. The summed E-state index contributed by atoms with van der Waals surface area (Å²) in [5.74, 6) is 0.971. The summed E-state index contributed by atoms with van der Waals surface area (Å²) >= 11 is 0. The lowest BCUT2D eigenvalue weighted by molar-refractivity contribution is -0.121. The van der Waals surface area contributed by atoms with E-state index in [0.29, 0.717) is 12.5 Å². The normalized spacial score (nSPS) is 15.4. The van der Waals surface area contributed by atoms with Gasteiger partial charge in [-0.3, -0.25) is 4.79 Å². The number of ether oxygens (including phenoxy) is 1. The fourth-order valence-corrected chi connectivity index (χ4v) is 3.99. The first-order valence-corrected chi connectivity index (χ1v) is 10.1. The van der Waals surface area contributed by atoms with E-state index in [-0.39, 0.29) is 5.91 Å². The van der Waals surface area contributed by atoms with E-state index in [1.54, 1.807) is 7.11 Å². The Morgan fingerprint density at radius 3 is 2.67 bits per heavy atom. The number of hydrogen-bond acceptors (Lipinski definition) is 3. The Hall–Kier alpha value is -2.30. The van der Waals surface area contributed by atoms with Gasteiger partial charge in [0.05, 0.1) is 18.5 Å². The van der Waals surface area contributed by atoms with Crippen LogP contribution in [0.1, 0.15) is 61.9 Å². The van der Waals surface area contributed by atoms with Gasteiger partial charge in [-0.1, -0.05) is 31.7 Å². The zero-order valence-corrected chi connectivity index (χ0v) is 16.8. The Morgan fingerprint density at radius 2 is 1.96 bits per heavy atom. The lowest BCUT2D eigenvalue weighted by atomic mass is 10.1. The van der Waals surface area contributed by atoms with Crippen LogP contribution >= 0.6 is 0 Å². The van der Waals surface area contributed by atoms with Gasteiger partial charge in [0.2, 0.25) is 5.91 Å². The molecule has 5 nitrogen and oxygen atoms in total. The summed E-state index contributed by atoms with van der Waals surface area (Å²) in [5, 5.41) is 7.93. The zero-order valence-electron chi connectivity index (χ0n) is 16.8. The second-order valence-corrected chi connectivity index (χ2v) is 7.52. The molecule has 0 bridgehead atoms. The number of carbonyl (C=O) groups excluding carboxylic acids is 1. The third-order valence-corrected chi connectivity index (χ3v) is 5.56. The first kappa shape index (κ1) is 19.5. The highest BCUT2D eigenvalue weighted by Gasteiger charge is 2.17. The molecule has 146 valence electrons. The predicted octanol–water partition coefficient (Wildman–Crippen LogP) is 4.27. The number of aryl methyl sites for hydroxylation is 1. The second-order valence-electron chi connectivity index (χ2n) is 7.52. The molecule has 0 radical (unpaired) electrons. The molecule has 1 heterocycles. The van der Waals surface area contributed by atoms with E-state index in [2.05, 4.69) is 12.2 Å². The van der Waals surface area contributed by atoms with Gasteiger partial charge in [-0.05, 0) is 50.8 Å². The summed E-state index contributed by atoms with van der Waals surface area (Å²) in [6, 6.07) is 8.24. The Kier molecular flexibility index (Phi) is 6.54. The maximum Gasteiger partial charge on any atom is 0.220 e. The molecule has 1 saturated carbocycles. The molecule has 0 saturated heterocycles. The number of hydrogen-bond donors (Lipinski definition) is 1. The van der Waals surface area contributed by atoms with Crippen molar-refractivity contribution in [2.75, 3.05) is 7.11 Å². The maximum atomic E-state index is 12.4. The predicted molar refractivity (Wildman–Crippen MR) is 108 cm³/mol. The van der Waals surface area contributed by atoms with E-state index < -0.39 is 0 Å². The van der Waals surface area contributed by atoms with Gasteiger partial charge in [0.25, 0.3) is 0 Å². The Morgan fingerprint density at radius 1 is 1.22 bits per heavy atom. The molecular weight excluding hydrogens is 338 g/mol. The van der Waals surface area contributed by atoms with Crippen molar-refractivity contribution >= 4 is 5.91 Å².